The molecule has 0 bridgehead atoms. The highest BCUT2D eigenvalue weighted by Crippen LogP contribution is 2.40. The second kappa shape index (κ2) is 10.7. The summed E-state index contributed by atoms with van der Waals surface area (Å²) in [6, 6.07) is 13.0. The molecule has 0 saturated heterocycles. The third kappa shape index (κ3) is 5.75. The summed E-state index contributed by atoms with van der Waals surface area (Å²) in [6.07, 6.45) is 3.37. The van der Waals surface area contributed by atoms with Crippen LogP contribution in [0.1, 0.15) is 62.3 Å². The average Bonchev–Trinajstić information content (AvgIpc) is 2.90. The van der Waals surface area contributed by atoms with E-state index in [1.165, 1.54) is 7.11 Å². The zero-order valence-electron chi connectivity index (χ0n) is 19.6. The van der Waals surface area contributed by atoms with Crippen LogP contribution in [0.5, 0.6) is 5.75 Å². The second-order valence-electron chi connectivity index (χ2n) is 8.68. The molecule has 1 aliphatic heterocycles. The molecule has 3 rings (SSSR count). The Morgan fingerprint density at radius 2 is 1.97 bits per heavy atom. The van der Waals surface area contributed by atoms with Crippen LogP contribution in [0.2, 0.25) is 0 Å². The van der Waals surface area contributed by atoms with Gasteiger partial charge in [-0.3, -0.25) is 10.1 Å². The summed E-state index contributed by atoms with van der Waals surface area (Å²) in [5.74, 6) is -0.434. The van der Waals surface area contributed by atoms with Crippen molar-refractivity contribution in [1.82, 2.24) is 10.6 Å². The second-order valence-corrected chi connectivity index (χ2v) is 10.6. The van der Waals surface area contributed by atoms with Gasteiger partial charge in [-0.25, -0.2) is 8.42 Å². The summed E-state index contributed by atoms with van der Waals surface area (Å²) in [6.45, 7) is 4.12. The molecule has 7 nitrogen and oxygen atoms in total. The smallest absolute Gasteiger partial charge is 0.317 e. The van der Waals surface area contributed by atoms with Gasteiger partial charge < -0.3 is 15.2 Å². The van der Waals surface area contributed by atoms with Gasteiger partial charge in [0.15, 0.2) is 9.84 Å². The summed E-state index contributed by atoms with van der Waals surface area (Å²) in [5, 5.41) is 15.5. The molecule has 2 aromatic rings. The maximum Gasteiger partial charge on any atom is 0.317 e. The lowest BCUT2D eigenvalue weighted by molar-refractivity contribution is -0.136. The van der Waals surface area contributed by atoms with Gasteiger partial charge in [-0.2, -0.15) is 0 Å². The number of hydrogen-bond acceptors (Lipinski definition) is 6. The number of benzene rings is 2. The Bertz CT molecular complexity index is 1070. The van der Waals surface area contributed by atoms with Gasteiger partial charge in [0.25, 0.3) is 0 Å². The lowest BCUT2D eigenvalue weighted by Gasteiger charge is -2.36. The maximum absolute atomic E-state index is 13.7. The molecule has 1 heterocycles. The van der Waals surface area contributed by atoms with E-state index in [0.29, 0.717) is 23.3 Å². The number of carboxylic acid groups (broad SMARTS) is 1. The van der Waals surface area contributed by atoms with Crippen LogP contribution in [0.25, 0.3) is 0 Å². The maximum atomic E-state index is 13.7. The summed E-state index contributed by atoms with van der Waals surface area (Å²) in [5.41, 5.74) is 1.71. The Labute approximate surface area is 196 Å². The third-order valence-electron chi connectivity index (χ3n) is 6.39. The normalized spacial score (nSPS) is 21.7. The SMILES string of the molecule is CCCC[C@]1(CC)CS(=O)(=O)c2cc(CNCC(=O)O)c(OC)cc2[C@@H](c2ccccc2)N1. The third-order valence-corrected chi connectivity index (χ3v) is 8.34. The first kappa shape index (κ1) is 25.2. The van der Waals surface area contributed by atoms with E-state index in [0.717, 1.165) is 24.8 Å². The fourth-order valence-electron chi connectivity index (χ4n) is 4.56. The standard InChI is InChI=1S/C25H34N2O5S/c1-4-6-12-25(5-2)17-33(30,31)22-13-19(15-26-16-23(28)29)21(32-3)14-20(22)24(27-25)18-10-8-7-9-11-18/h7-11,13-14,24,26-27H,4-6,12,15-17H2,1-3H3,(H,28,29)/t24-,25-/m1/s1. The van der Waals surface area contributed by atoms with Crippen molar-refractivity contribution in [1.29, 1.82) is 0 Å². The largest absolute Gasteiger partial charge is 0.496 e. The van der Waals surface area contributed by atoms with E-state index in [1.54, 1.807) is 12.1 Å². The van der Waals surface area contributed by atoms with Crippen molar-refractivity contribution >= 4 is 15.8 Å². The lowest BCUT2D eigenvalue weighted by atomic mass is 9.88. The van der Waals surface area contributed by atoms with Gasteiger partial charge in [0.2, 0.25) is 0 Å². The Hall–Kier alpha value is -2.42. The van der Waals surface area contributed by atoms with Crippen LogP contribution in [0.15, 0.2) is 47.4 Å². The molecule has 0 aromatic heterocycles. The first-order valence-electron chi connectivity index (χ1n) is 11.4. The molecule has 2 atom stereocenters. The number of carboxylic acids is 1. The highest BCUT2D eigenvalue weighted by Gasteiger charge is 2.42. The highest BCUT2D eigenvalue weighted by atomic mass is 32.2. The zero-order chi connectivity index (χ0) is 24.1. The molecule has 0 fully saturated rings. The molecule has 0 aliphatic carbocycles. The number of aliphatic carboxylic acids is 1. The van der Waals surface area contributed by atoms with Gasteiger partial charge >= 0.3 is 5.97 Å². The van der Waals surface area contributed by atoms with Crippen molar-refractivity contribution in [3.05, 3.63) is 59.2 Å². The minimum atomic E-state index is -3.62. The van der Waals surface area contributed by atoms with Crippen molar-refractivity contribution in [2.45, 2.75) is 62.6 Å². The minimum Gasteiger partial charge on any atom is -0.496 e. The van der Waals surface area contributed by atoms with Crippen molar-refractivity contribution in [3.8, 4) is 5.75 Å². The van der Waals surface area contributed by atoms with Gasteiger partial charge in [0.1, 0.15) is 5.75 Å². The Morgan fingerprint density at radius 1 is 1.24 bits per heavy atom. The predicted molar refractivity (Wildman–Crippen MR) is 128 cm³/mol. The molecule has 8 heteroatoms. The van der Waals surface area contributed by atoms with Gasteiger partial charge in [-0.1, -0.05) is 57.0 Å². The first-order chi connectivity index (χ1) is 15.7. The van der Waals surface area contributed by atoms with Crippen LogP contribution in [0.3, 0.4) is 0 Å². The number of hydrogen-bond donors (Lipinski definition) is 3. The first-order valence-corrected chi connectivity index (χ1v) is 13.1. The Kier molecular flexibility index (Phi) is 8.15. The minimum absolute atomic E-state index is 0.0150. The van der Waals surface area contributed by atoms with Crippen molar-refractivity contribution in [3.63, 3.8) is 0 Å². The summed E-state index contributed by atoms with van der Waals surface area (Å²) in [4.78, 5) is 11.2. The molecule has 0 radical (unpaired) electrons. The van der Waals surface area contributed by atoms with E-state index in [9.17, 15) is 13.2 Å². The lowest BCUT2D eigenvalue weighted by Crippen LogP contribution is -2.50. The Balaban J connectivity index is 2.18. The number of sulfone groups is 1. The summed E-state index contributed by atoms with van der Waals surface area (Å²) < 4.78 is 33.1. The molecule has 0 spiro atoms. The summed E-state index contributed by atoms with van der Waals surface area (Å²) in [7, 11) is -2.08. The van der Waals surface area contributed by atoms with Crippen molar-refractivity contribution in [2.75, 3.05) is 19.4 Å². The number of fused-ring (bicyclic) bond motifs is 1. The molecule has 0 saturated carbocycles. The van der Waals surface area contributed by atoms with E-state index < -0.39 is 21.3 Å². The Morgan fingerprint density at radius 3 is 2.58 bits per heavy atom. The van der Waals surface area contributed by atoms with Gasteiger partial charge in [0.05, 0.1) is 30.3 Å². The monoisotopic (exact) mass is 474 g/mol. The van der Waals surface area contributed by atoms with Gasteiger partial charge in [0, 0.05) is 17.6 Å². The van der Waals surface area contributed by atoms with E-state index in [2.05, 4.69) is 17.6 Å². The molecule has 0 unspecified atom stereocenters. The molecule has 180 valence electrons. The highest BCUT2D eigenvalue weighted by molar-refractivity contribution is 7.91. The molecular weight excluding hydrogens is 440 g/mol. The quantitative estimate of drug-likeness (QED) is 0.482. The van der Waals surface area contributed by atoms with Crippen molar-refractivity contribution in [2.24, 2.45) is 0 Å². The van der Waals surface area contributed by atoms with Gasteiger partial charge in [-0.15, -0.1) is 0 Å². The number of methoxy groups -OCH3 is 1. The molecule has 2 aromatic carbocycles. The van der Waals surface area contributed by atoms with Crippen LogP contribution < -0.4 is 15.4 Å². The van der Waals surface area contributed by atoms with Crippen LogP contribution in [0.4, 0.5) is 0 Å². The van der Waals surface area contributed by atoms with Gasteiger partial charge in [-0.05, 0) is 36.1 Å². The fourth-order valence-corrected chi connectivity index (χ4v) is 6.73. The van der Waals surface area contributed by atoms with Crippen LogP contribution in [-0.2, 0) is 21.2 Å². The van der Waals surface area contributed by atoms with E-state index in [-0.39, 0.29) is 29.8 Å². The number of ether oxygens (including phenoxy) is 1. The van der Waals surface area contributed by atoms with Crippen LogP contribution in [0, 0.1) is 0 Å². The number of nitrogens with one attached hydrogen (secondary N) is 2. The molecule has 1 aliphatic rings. The van der Waals surface area contributed by atoms with E-state index in [4.69, 9.17) is 9.84 Å². The molecular formula is C25H34N2O5S. The van der Waals surface area contributed by atoms with E-state index >= 15 is 0 Å². The number of unbranched alkanes of at least 4 members (excludes halogenated alkanes) is 1. The zero-order valence-corrected chi connectivity index (χ0v) is 20.4. The van der Waals surface area contributed by atoms with E-state index in [1.807, 2.05) is 37.3 Å². The average molecular weight is 475 g/mol. The van der Waals surface area contributed by atoms with Crippen molar-refractivity contribution < 1.29 is 23.1 Å². The van der Waals surface area contributed by atoms with Crippen LogP contribution >= 0.6 is 0 Å². The predicted octanol–water partition coefficient (Wildman–Crippen LogP) is 3.67. The summed E-state index contributed by atoms with van der Waals surface area (Å²) >= 11 is 0. The molecule has 3 N–H and O–H groups in total. The number of rotatable bonds is 10. The van der Waals surface area contributed by atoms with Crippen LogP contribution in [-0.4, -0.2) is 44.4 Å². The molecule has 0 amide bonds. The topological polar surface area (TPSA) is 105 Å². The molecule has 33 heavy (non-hydrogen) atoms. The fraction of sp³-hybridized carbons (Fsp3) is 0.480. The number of carbonyl (C=O) groups is 1.